The van der Waals surface area contributed by atoms with E-state index in [0.29, 0.717) is 24.7 Å². The fourth-order valence-electron chi connectivity index (χ4n) is 4.25. The molecule has 0 aromatic rings. The van der Waals surface area contributed by atoms with Gasteiger partial charge in [0.15, 0.2) is 0 Å². The van der Waals surface area contributed by atoms with Crippen LogP contribution < -0.4 is 11.3 Å². The second-order valence-corrected chi connectivity index (χ2v) is 6.81. The van der Waals surface area contributed by atoms with Crippen molar-refractivity contribution in [3.63, 3.8) is 0 Å². The lowest BCUT2D eigenvalue weighted by molar-refractivity contribution is -0.201. The summed E-state index contributed by atoms with van der Waals surface area (Å²) in [7, 11) is 0. The highest BCUT2D eigenvalue weighted by Crippen LogP contribution is 2.45. The van der Waals surface area contributed by atoms with Crippen LogP contribution in [0.15, 0.2) is 0 Å². The molecule has 0 spiro atoms. The molecule has 0 aliphatic heterocycles. The second kappa shape index (κ2) is 6.65. The Morgan fingerprint density at radius 1 is 1.00 bits per heavy atom. The Hall–Kier alpha value is -0.290. The highest BCUT2D eigenvalue weighted by Gasteiger charge is 2.49. The van der Waals surface area contributed by atoms with E-state index in [-0.39, 0.29) is 18.4 Å². The van der Waals surface area contributed by atoms with Gasteiger partial charge in [-0.3, -0.25) is 11.3 Å². The van der Waals surface area contributed by atoms with Crippen LogP contribution in [0.3, 0.4) is 0 Å². The molecule has 0 bridgehead atoms. The highest BCUT2D eigenvalue weighted by atomic mass is 19.4. The zero-order valence-corrected chi connectivity index (χ0v) is 12.3. The molecular weight excluding hydrogens is 265 g/mol. The van der Waals surface area contributed by atoms with Crippen molar-refractivity contribution in [2.75, 3.05) is 0 Å². The first kappa shape index (κ1) is 16.1. The third-order valence-electron chi connectivity index (χ3n) is 5.46. The highest BCUT2D eigenvalue weighted by molar-refractivity contribution is 4.92. The number of nitrogens with two attached hydrogens (primary N) is 1. The van der Waals surface area contributed by atoms with Crippen molar-refractivity contribution in [1.29, 1.82) is 0 Å². The van der Waals surface area contributed by atoms with Crippen LogP contribution in [-0.4, -0.2) is 12.2 Å². The maximum absolute atomic E-state index is 13.2. The van der Waals surface area contributed by atoms with Crippen molar-refractivity contribution in [3.05, 3.63) is 0 Å². The molecule has 2 fully saturated rings. The predicted molar refractivity (Wildman–Crippen MR) is 73.7 cm³/mol. The minimum absolute atomic E-state index is 0.172. The van der Waals surface area contributed by atoms with Gasteiger partial charge in [-0.2, -0.15) is 13.2 Å². The lowest BCUT2D eigenvalue weighted by atomic mass is 9.68. The van der Waals surface area contributed by atoms with E-state index >= 15 is 0 Å². The van der Waals surface area contributed by atoms with Crippen LogP contribution in [0.4, 0.5) is 13.2 Å². The first-order valence-electron chi connectivity index (χ1n) is 7.96. The first-order chi connectivity index (χ1) is 9.43. The summed E-state index contributed by atoms with van der Waals surface area (Å²) >= 11 is 0. The van der Waals surface area contributed by atoms with Crippen molar-refractivity contribution >= 4 is 0 Å². The third kappa shape index (κ3) is 3.67. The van der Waals surface area contributed by atoms with Gasteiger partial charge < -0.3 is 0 Å². The van der Waals surface area contributed by atoms with Gasteiger partial charge in [0, 0.05) is 6.04 Å². The van der Waals surface area contributed by atoms with Gasteiger partial charge in [-0.1, -0.05) is 32.6 Å². The number of alkyl halides is 3. The summed E-state index contributed by atoms with van der Waals surface area (Å²) in [4.78, 5) is 0. The molecule has 2 saturated carbocycles. The lowest BCUT2D eigenvalue weighted by Crippen LogP contribution is -2.52. The summed E-state index contributed by atoms with van der Waals surface area (Å²) in [5.41, 5.74) is 2.76. The van der Waals surface area contributed by atoms with E-state index in [1.165, 1.54) is 0 Å². The molecule has 0 amide bonds. The fraction of sp³-hybridized carbons (Fsp3) is 1.00. The number of rotatable bonds is 3. The molecule has 5 heteroatoms. The van der Waals surface area contributed by atoms with Crippen molar-refractivity contribution in [1.82, 2.24) is 5.43 Å². The van der Waals surface area contributed by atoms with Gasteiger partial charge in [0.25, 0.3) is 0 Å². The molecule has 3 unspecified atom stereocenters. The van der Waals surface area contributed by atoms with Crippen LogP contribution in [0, 0.1) is 23.7 Å². The SMILES string of the molecule is CC1CCC(C(NN)C2CCCCC2C(F)(F)F)CC1. The molecule has 118 valence electrons. The number of hydrogen-bond donors (Lipinski definition) is 2. The van der Waals surface area contributed by atoms with Crippen LogP contribution in [0.25, 0.3) is 0 Å². The molecule has 3 N–H and O–H groups in total. The predicted octanol–water partition coefficient (Wildman–Crippen LogP) is 4.01. The zero-order chi connectivity index (χ0) is 14.8. The smallest absolute Gasteiger partial charge is 0.271 e. The number of nitrogens with one attached hydrogen (secondary N) is 1. The van der Waals surface area contributed by atoms with Gasteiger partial charge in [0.1, 0.15) is 0 Å². The van der Waals surface area contributed by atoms with Crippen LogP contribution in [0.5, 0.6) is 0 Å². The van der Waals surface area contributed by atoms with Gasteiger partial charge >= 0.3 is 6.18 Å². The third-order valence-corrected chi connectivity index (χ3v) is 5.46. The molecule has 0 saturated heterocycles. The van der Waals surface area contributed by atoms with Crippen molar-refractivity contribution in [2.24, 2.45) is 29.5 Å². The van der Waals surface area contributed by atoms with Crippen LogP contribution in [0.1, 0.15) is 58.3 Å². The normalized spacial score (nSPS) is 37.6. The van der Waals surface area contributed by atoms with E-state index < -0.39 is 12.1 Å². The first-order valence-corrected chi connectivity index (χ1v) is 7.96. The molecule has 3 atom stereocenters. The average Bonchev–Trinajstić information content (AvgIpc) is 2.41. The summed E-state index contributed by atoms with van der Waals surface area (Å²) in [6, 6.07) is -0.172. The minimum atomic E-state index is -4.08. The fourth-order valence-corrected chi connectivity index (χ4v) is 4.25. The van der Waals surface area contributed by atoms with Gasteiger partial charge in [-0.25, -0.2) is 0 Å². The van der Waals surface area contributed by atoms with Gasteiger partial charge in [-0.15, -0.1) is 0 Å². The summed E-state index contributed by atoms with van der Waals surface area (Å²) in [5, 5.41) is 0. The summed E-state index contributed by atoms with van der Waals surface area (Å²) in [6.45, 7) is 2.22. The van der Waals surface area contributed by atoms with Crippen LogP contribution >= 0.6 is 0 Å². The van der Waals surface area contributed by atoms with Crippen molar-refractivity contribution in [3.8, 4) is 0 Å². The van der Waals surface area contributed by atoms with Gasteiger partial charge in [0.05, 0.1) is 5.92 Å². The Bertz CT molecular complexity index is 298. The van der Waals surface area contributed by atoms with Gasteiger partial charge in [0.2, 0.25) is 0 Å². The van der Waals surface area contributed by atoms with E-state index in [9.17, 15) is 13.2 Å². The number of hydrogen-bond acceptors (Lipinski definition) is 2. The van der Waals surface area contributed by atoms with Crippen molar-refractivity contribution < 1.29 is 13.2 Å². The van der Waals surface area contributed by atoms with E-state index in [0.717, 1.165) is 32.1 Å². The Balaban J connectivity index is 2.08. The van der Waals surface area contributed by atoms with Gasteiger partial charge in [-0.05, 0) is 43.4 Å². The van der Waals surface area contributed by atoms with Crippen LogP contribution in [0.2, 0.25) is 0 Å². The van der Waals surface area contributed by atoms with Crippen molar-refractivity contribution in [2.45, 2.75) is 70.5 Å². The van der Waals surface area contributed by atoms with E-state index in [1.54, 1.807) is 0 Å². The largest absolute Gasteiger partial charge is 0.392 e. The Morgan fingerprint density at radius 2 is 1.60 bits per heavy atom. The molecule has 2 rings (SSSR count). The molecule has 2 aliphatic carbocycles. The van der Waals surface area contributed by atoms with E-state index in [4.69, 9.17) is 5.84 Å². The molecule has 0 aromatic heterocycles. The standard InChI is InChI=1S/C15H27F3N2/c1-10-6-8-11(9-7-10)14(20-19)12-4-2-3-5-13(12)15(16,17)18/h10-14,20H,2-9,19H2,1H3. The Labute approximate surface area is 119 Å². The van der Waals surface area contributed by atoms with Crippen LogP contribution in [-0.2, 0) is 0 Å². The Kier molecular flexibility index (Phi) is 5.35. The Morgan fingerprint density at radius 3 is 2.15 bits per heavy atom. The maximum Gasteiger partial charge on any atom is 0.392 e. The summed E-state index contributed by atoms with van der Waals surface area (Å²) < 4.78 is 39.7. The summed E-state index contributed by atoms with van der Waals surface area (Å²) in [6.07, 6.45) is 2.70. The van der Waals surface area contributed by atoms with E-state index in [1.807, 2.05) is 0 Å². The topological polar surface area (TPSA) is 38.0 Å². The minimum Gasteiger partial charge on any atom is -0.271 e. The molecule has 0 heterocycles. The lowest BCUT2D eigenvalue weighted by Gasteiger charge is -2.42. The quantitative estimate of drug-likeness (QED) is 0.609. The molecule has 20 heavy (non-hydrogen) atoms. The maximum atomic E-state index is 13.2. The zero-order valence-electron chi connectivity index (χ0n) is 12.3. The molecule has 2 aliphatic rings. The molecule has 0 aromatic carbocycles. The molecular formula is C15H27F3N2. The number of halogens is 3. The average molecular weight is 292 g/mol. The number of hydrazine groups is 1. The van der Waals surface area contributed by atoms with E-state index in [2.05, 4.69) is 12.3 Å². The molecule has 2 nitrogen and oxygen atoms in total. The summed E-state index contributed by atoms with van der Waals surface area (Å²) in [5.74, 6) is 5.16. The second-order valence-electron chi connectivity index (χ2n) is 6.81. The molecule has 0 radical (unpaired) electrons. The monoisotopic (exact) mass is 292 g/mol.